The van der Waals surface area contributed by atoms with E-state index in [0.29, 0.717) is 25.7 Å². The summed E-state index contributed by atoms with van der Waals surface area (Å²) in [6.45, 7) is 5.80. The summed E-state index contributed by atoms with van der Waals surface area (Å²) in [4.78, 5) is 51.3. The lowest BCUT2D eigenvalue weighted by Gasteiger charge is -2.40. The van der Waals surface area contributed by atoms with Gasteiger partial charge in [0.1, 0.15) is 18.8 Å². The van der Waals surface area contributed by atoms with E-state index in [4.69, 9.17) is 23.7 Å². The van der Waals surface area contributed by atoms with Crippen LogP contribution in [0.4, 0.5) is 0 Å². The molecule has 1 saturated heterocycles. The molecular weight excluding hydrogens is 1020 g/mol. The second-order valence-corrected chi connectivity index (χ2v) is 21.3. The van der Waals surface area contributed by atoms with Crippen LogP contribution in [-0.2, 0) is 42.9 Å². The Balaban J connectivity index is 2.72. The summed E-state index contributed by atoms with van der Waals surface area (Å²) in [7, 11) is 0. The van der Waals surface area contributed by atoms with Crippen LogP contribution >= 0.6 is 0 Å². The van der Waals surface area contributed by atoms with Gasteiger partial charge in [-0.25, -0.2) is 4.79 Å². The smallest absolute Gasteiger partial charge is 0.335 e. The van der Waals surface area contributed by atoms with Crippen molar-refractivity contribution in [3.63, 3.8) is 0 Å². The van der Waals surface area contributed by atoms with Gasteiger partial charge in [-0.1, -0.05) is 220 Å². The Kier molecular flexibility index (Phi) is 51.3. The van der Waals surface area contributed by atoms with Crippen LogP contribution in [0.15, 0.2) is 109 Å². The van der Waals surface area contributed by atoms with Crippen molar-refractivity contribution in [3.05, 3.63) is 109 Å². The molecule has 12 nitrogen and oxygen atoms in total. The van der Waals surface area contributed by atoms with Gasteiger partial charge in [-0.2, -0.15) is 0 Å². The van der Waals surface area contributed by atoms with E-state index in [1.54, 1.807) is 0 Å². The molecule has 1 heterocycles. The molecule has 3 N–H and O–H groups in total. The molecule has 460 valence electrons. The molecule has 0 aliphatic carbocycles. The maximum absolute atomic E-state index is 13.2. The van der Waals surface area contributed by atoms with Crippen molar-refractivity contribution in [2.45, 2.75) is 289 Å². The molecule has 1 aliphatic heterocycles. The minimum atomic E-state index is -1.93. The molecule has 0 amide bonds. The third kappa shape index (κ3) is 45.6. The van der Waals surface area contributed by atoms with Gasteiger partial charge in [0.25, 0.3) is 0 Å². The first-order valence-corrected chi connectivity index (χ1v) is 31.9. The summed E-state index contributed by atoms with van der Waals surface area (Å²) in [5.41, 5.74) is 0. The van der Waals surface area contributed by atoms with Gasteiger partial charge >= 0.3 is 23.9 Å². The molecule has 12 heteroatoms. The number of unbranched alkanes of at least 4 members (excludes halogenated alkanes) is 21. The van der Waals surface area contributed by atoms with Crippen LogP contribution in [0.5, 0.6) is 0 Å². The Morgan fingerprint density at radius 3 is 1.22 bits per heavy atom. The highest BCUT2D eigenvalue weighted by molar-refractivity contribution is 5.74. The molecule has 1 rings (SSSR count). The van der Waals surface area contributed by atoms with Gasteiger partial charge in [0.15, 0.2) is 24.6 Å². The lowest BCUT2D eigenvalue weighted by atomic mass is 9.98. The van der Waals surface area contributed by atoms with Crippen LogP contribution in [0, 0.1) is 0 Å². The monoisotopic (exact) mass is 1130 g/mol. The fraction of sp³-hybridized carbons (Fsp3) is 0.681. The van der Waals surface area contributed by atoms with E-state index in [-0.39, 0.29) is 25.9 Å². The van der Waals surface area contributed by atoms with Crippen molar-refractivity contribution in [2.75, 3.05) is 13.2 Å². The summed E-state index contributed by atoms with van der Waals surface area (Å²) in [5.74, 6) is -3.22. The van der Waals surface area contributed by atoms with Crippen molar-refractivity contribution in [2.24, 2.45) is 0 Å². The van der Waals surface area contributed by atoms with Gasteiger partial charge in [0.05, 0.1) is 6.61 Å². The van der Waals surface area contributed by atoms with Crippen LogP contribution in [0.1, 0.15) is 252 Å². The molecule has 0 spiro atoms. The average molecular weight is 1130 g/mol. The Bertz CT molecular complexity index is 1820. The number of hydrogen-bond acceptors (Lipinski definition) is 11. The van der Waals surface area contributed by atoms with Crippen molar-refractivity contribution in [1.82, 2.24) is 0 Å². The van der Waals surface area contributed by atoms with E-state index in [0.717, 1.165) is 128 Å². The highest BCUT2D eigenvalue weighted by Gasteiger charge is 2.50. The lowest BCUT2D eigenvalue weighted by molar-refractivity contribution is -0.301. The maximum Gasteiger partial charge on any atom is 0.335 e. The molecule has 0 saturated carbocycles. The number of carboxylic acids is 1. The van der Waals surface area contributed by atoms with E-state index < -0.39 is 67.3 Å². The number of ether oxygens (including phenoxy) is 5. The number of rotatable bonds is 53. The third-order valence-electron chi connectivity index (χ3n) is 13.8. The Hall–Kier alpha value is -4.62. The summed E-state index contributed by atoms with van der Waals surface area (Å²) < 4.78 is 28.4. The molecule has 81 heavy (non-hydrogen) atoms. The maximum atomic E-state index is 13.2. The zero-order valence-corrected chi connectivity index (χ0v) is 50.7. The van der Waals surface area contributed by atoms with Crippen molar-refractivity contribution in [1.29, 1.82) is 0 Å². The molecule has 1 fully saturated rings. The van der Waals surface area contributed by atoms with Gasteiger partial charge in [-0.05, 0) is 122 Å². The first kappa shape index (κ1) is 74.4. The number of carbonyl (C=O) groups is 4. The topological polar surface area (TPSA) is 175 Å². The minimum absolute atomic E-state index is 0.0242. The predicted octanol–water partition coefficient (Wildman–Crippen LogP) is 17.0. The molecule has 1 aliphatic rings. The number of esters is 3. The van der Waals surface area contributed by atoms with Crippen LogP contribution in [0.3, 0.4) is 0 Å². The standard InChI is InChI=1S/C69H112O12/c1-4-7-10-13-16-19-22-25-28-31-34-37-40-43-46-49-52-55-61(70)77-58-60(79-62(71)56-53-50-47-44-41-38-35-32-29-26-23-20-17-14-11-8-5-2)59-78-69-67(65(74)64(73)66(81-69)68(75)76)80-63(72)57-54-51-48-45-42-39-36-33-30-27-24-21-18-15-12-9-6-3/h9,12,16-21,25-30,36,39,45,48,60,64-67,69,73-74H,4-8,10-11,13-15,22-24,31-35,37-38,40-44,46-47,49-59H2,1-3H3,(H,75,76)/b12-9-,19-16-,20-17-,21-18-,28-25-,29-26-,30-27-,39-36-,48-45-. The molecule has 0 aromatic rings. The van der Waals surface area contributed by atoms with E-state index in [2.05, 4.69) is 118 Å². The fourth-order valence-electron chi connectivity index (χ4n) is 8.93. The molecule has 0 aromatic heterocycles. The molecule has 0 bridgehead atoms. The van der Waals surface area contributed by atoms with Gasteiger partial charge in [-0.3, -0.25) is 14.4 Å². The lowest BCUT2D eigenvalue weighted by Crippen LogP contribution is -2.61. The quantitative estimate of drug-likeness (QED) is 0.0228. The Labute approximate surface area is 491 Å². The second-order valence-electron chi connectivity index (χ2n) is 21.3. The van der Waals surface area contributed by atoms with Gasteiger partial charge in [0.2, 0.25) is 0 Å². The van der Waals surface area contributed by atoms with E-state index >= 15 is 0 Å². The number of aliphatic hydroxyl groups excluding tert-OH is 2. The number of aliphatic carboxylic acids is 1. The first-order valence-electron chi connectivity index (χ1n) is 31.9. The van der Waals surface area contributed by atoms with Crippen molar-refractivity contribution < 1.29 is 58.2 Å². The van der Waals surface area contributed by atoms with Crippen molar-refractivity contribution in [3.8, 4) is 0 Å². The molecule has 0 radical (unpaired) electrons. The number of carbonyl (C=O) groups excluding carboxylic acids is 3. The SMILES string of the molecule is CC/C=C\C/C=C\C/C=C\C/C=C\C/C=C\CCCC(=O)OC1C(OCC(COC(=O)CCCCCCCCC/C=C\C/C=C\CCCCC)OC(=O)CCCCCCCCC/C=C\C/C=C\CCCCC)OC(C(=O)O)C(O)C1O. The average Bonchev–Trinajstić information content (AvgIpc) is 3.53. The number of allylic oxidation sites excluding steroid dienone is 18. The first-order chi connectivity index (χ1) is 39.6. The summed E-state index contributed by atoms with van der Waals surface area (Å²) in [5, 5.41) is 31.6. The predicted molar refractivity (Wildman–Crippen MR) is 330 cm³/mol. The summed E-state index contributed by atoms with van der Waals surface area (Å²) >= 11 is 0. The largest absolute Gasteiger partial charge is 0.479 e. The second kappa shape index (κ2) is 55.9. The number of carboxylic acid groups (broad SMARTS) is 1. The zero-order chi connectivity index (χ0) is 58.9. The van der Waals surface area contributed by atoms with Crippen LogP contribution in [0.2, 0.25) is 0 Å². The van der Waals surface area contributed by atoms with Gasteiger partial charge in [-0.15, -0.1) is 0 Å². The zero-order valence-electron chi connectivity index (χ0n) is 50.7. The minimum Gasteiger partial charge on any atom is -0.479 e. The Morgan fingerprint density at radius 2 is 0.790 bits per heavy atom. The number of aliphatic hydroxyl groups is 2. The fourth-order valence-corrected chi connectivity index (χ4v) is 8.93. The van der Waals surface area contributed by atoms with Gasteiger partial charge in [0, 0.05) is 19.3 Å². The molecule has 6 unspecified atom stereocenters. The van der Waals surface area contributed by atoms with Crippen LogP contribution in [-0.4, -0.2) is 89.2 Å². The van der Waals surface area contributed by atoms with Crippen LogP contribution < -0.4 is 0 Å². The molecule has 6 atom stereocenters. The third-order valence-corrected chi connectivity index (χ3v) is 13.8. The summed E-state index contributed by atoms with van der Waals surface area (Å²) in [6, 6.07) is 0. The Morgan fingerprint density at radius 1 is 0.420 bits per heavy atom. The van der Waals surface area contributed by atoms with E-state index in [1.807, 2.05) is 12.2 Å². The van der Waals surface area contributed by atoms with E-state index in [1.165, 1.54) is 57.8 Å². The van der Waals surface area contributed by atoms with Crippen molar-refractivity contribution >= 4 is 23.9 Å². The highest BCUT2D eigenvalue weighted by atomic mass is 16.7. The normalized spacial score (nSPS) is 18.5. The summed E-state index contributed by atoms with van der Waals surface area (Å²) in [6.07, 6.45) is 63.3. The van der Waals surface area contributed by atoms with Gasteiger partial charge < -0.3 is 39.0 Å². The molecular formula is C69H112O12. The highest BCUT2D eigenvalue weighted by Crippen LogP contribution is 2.26. The molecule has 0 aromatic carbocycles. The number of hydrogen-bond donors (Lipinski definition) is 3. The van der Waals surface area contributed by atoms with E-state index in [9.17, 15) is 34.5 Å². The van der Waals surface area contributed by atoms with Crippen LogP contribution in [0.25, 0.3) is 0 Å².